The van der Waals surface area contributed by atoms with Crippen LogP contribution in [0.4, 0.5) is 11.4 Å². The zero-order chi connectivity index (χ0) is 35.8. The maximum absolute atomic E-state index is 15.4. The lowest BCUT2D eigenvalue weighted by Crippen LogP contribution is -2.53. The molecule has 2 heterocycles. The van der Waals surface area contributed by atoms with E-state index in [1.807, 2.05) is 36.4 Å². The van der Waals surface area contributed by atoms with E-state index in [0.717, 1.165) is 0 Å². The second-order valence-electron chi connectivity index (χ2n) is 13.3. The van der Waals surface area contributed by atoms with Gasteiger partial charge in [0.25, 0.3) is 0 Å². The number of fused-ring (bicyclic) bond motifs is 4. The van der Waals surface area contributed by atoms with Crippen molar-refractivity contribution in [1.82, 2.24) is 0 Å². The third kappa shape index (κ3) is 4.74. The van der Waals surface area contributed by atoms with Gasteiger partial charge in [0.1, 0.15) is 17.2 Å². The standard InChI is InChI=1S/C40H32Cl2N2O7/c1-50-26-18-31(45)34(32(19-26)51-2)35-27-15-16-28-33(38(48)43(36(28)46)24-13-11-22(41)12-14-24)29(27)20-30-37(47)44(25-10-6-9-23(42)17-25)39(49)40(30,35)21-7-4-3-5-8-21/h3-15,17-19,28-30,33,35,45H,16,20H2,1-2H3. The number of ether oxygens (including phenoxy) is 2. The molecule has 11 heteroatoms. The highest BCUT2D eigenvalue weighted by atomic mass is 35.5. The van der Waals surface area contributed by atoms with E-state index in [-0.39, 0.29) is 41.7 Å². The monoisotopic (exact) mass is 722 g/mol. The molecule has 0 radical (unpaired) electrons. The van der Waals surface area contributed by atoms with Gasteiger partial charge in [0.15, 0.2) is 0 Å². The highest BCUT2D eigenvalue weighted by Gasteiger charge is 2.71. The number of carbonyl (C=O) groups excluding carboxylic acids is 4. The fourth-order valence-electron chi connectivity index (χ4n) is 9.07. The van der Waals surface area contributed by atoms with Crippen molar-refractivity contribution in [3.05, 3.63) is 124 Å². The minimum atomic E-state index is -1.59. The Morgan fingerprint density at radius 2 is 1.49 bits per heavy atom. The fraction of sp³-hybridized carbons (Fsp3) is 0.250. The second-order valence-corrected chi connectivity index (χ2v) is 14.2. The number of halogens is 2. The number of anilines is 2. The molecule has 2 saturated heterocycles. The molecule has 9 nitrogen and oxygen atoms in total. The van der Waals surface area contributed by atoms with Crippen LogP contribution in [0.15, 0.2) is 103 Å². The molecule has 6 unspecified atom stereocenters. The average Bonchev–Trinajstić information content (AvgIpc) is 3.53. The molecule has 4 amide bonds. The van der Waals surface area contributed by atoms with Gasteiger partial charge in [-0.2, -0.15) is 0 Å². The molecule has 1 N–H and O–H groups in total. The van der Waals surface area contributed by atoms with Crippen LogP contribution in [0.2, 0.25) is 10.0 Å². The Bertz CT molecular complexity index is 2150. The van der Waals surface area contributed by atoms with E-state index in [9.17, 15) is 19.5 Å². The lowest BCUT2D eigenvalue weighted by Gasteiger charge is -2.51. The number of imide groups is 2. The molecule has 1 saturated carbocycles. The van der Waals surface area contributed by atoms with E-state index in [4.69, 9.17) is 32.7 Å². The van der Waals surface area contributed by atoms with Gasteiger partial charge in [-0.25, -0.2) is 4.90 Å². The molecule has 3 fully saturated rings. The minimum Gasteiger partial charge on any atom is -0.507 e. The molecule has 8 rings (SSSR count). The summed E-state index contributed by atoms with van der Waals surface area (Å²) in [6.07, 6.45) is 2.25. The van der Waals surface area contributed by atoms with E-state index >= 15 is 4.79 Å². The summed E-state index contributed by atoms with van der Waals surface area (Å²) in [5, 5.41) is 12.7. The SMILES string of the molecule is COc1cc(O)c(C2C3=CCC4C(=O)N(c5ccc(Cl)cc5)C(=O)C4C3CC3C(=O)N(c4cccc(Cl)c4)C(=O)C32c2ccccc2)c(OC)c1. The van der Waals surface area contributed by atoms with E-state index < -0.39 is 46.8 Å². The van der Waals surface area contributed by atoms with E-state index in [1.54, 1.807) is 54.6 Å². The number of carbonyl (C=O) groups is 4. The molecule has 4 aromatic rings. The highest BCUT2D eigenvalue weighted by molar-refractivity contribution is 6.32. The molecule has 258 valence electrons. The maximum atomic E-state index is 15.4. The Hall–Kier alpha value is -5.12. The van der Waals surface area contributed by atoms with Crippen LogP contribution in [0.1, 0.15) is 29.9 Å². The first-order valence-electron chi connectivity index (χ1n) is 16.6. The first-order chi connectivity index (χ1) is 24.6. The molecule has 0 aromatic heterocycles. The summed E-state index contributed by atoms with van der Waals surface area (Å²) in [5.41, 5.74) is 0.660. The first-order valence-corrected chi connectivity index (χ1v) is 17.3. The van der Waals surface area contributed by atoms with Crippen molar-refractivity contribution in [3.63, 3.8) is 0 Å². The summed E-state index contributed by atoms with van der Waals surface area (Å²) in [6, 6.07) is 25.2. The van der Waals surface area contributed by atoms with Gasteiger partial charge in [0.2, 0.25) is 23.6 Å². The predicted molar refractivity (Wildman–Crippen MR) is 191 cm³/mol. The van der Waals surface area contributed by atoms with Crippen molar-refractivity contribution in [1.29, 1.82) is 0 Å². The number of methoxy groups -OCH3 is 2. The van der Waals surface area contributed by atoms with Crippen LogP contribution in [-0.4, -0.2) is 43.0 Å². The summed E-state index contributed by atoms with van der Waals surface area (Å²) in [5.74, 6) is -5.44. The van der Waals surface area contributed by atoms with Gasteiger partial charge in [0, 0.05) is 33.7 Å². The molecular formula is C40H32Cl2N2O7. The molecule has 6 atom stereocenters. The van der Waals surface area contributed by atoms with Crippen molar-refractivity contribution < 1.29 is 33.8 Å². The molecule has 4 aliphatic rings. The Morgan fingerprint density at radius 1 is 0.745 bits per heavy atom. The van der Waals surface area contributed by atoms with Gasteiger partial charge in [0.05, 0.1) is 48.8 Å². The van der Waals surface area contributed by atoms with Crippen LogP contribution in [-0.2, 0) is 24.6 Å². The minimum absolute atomic E-state index is 0.104. The molecule has 0 spiro atoms. The largest absolute Gasteiger partial charge is 0.507 e. The van der Waals surface area contributed by atoms with E-state index in [1.165, 1.54) is 30.1 Å². The molecule has 51 heavy (non-hydrogen) atoms. The molecule has 2 aliphatic carbocycles. The predicted octanol–water partition coefficient (Wildman–Crippen LogP) is 7.08. The average molecular weight is 724 g/mol. The molecule has 2 aliphatic heterocycles. The third-order valence-corrected chi connectivity index (χ3v) is 11.6. The number of benzene rings is 4. The summed E-state index contributed by atoms with van der Waals surface area (Å²) < 4.78 is 11.4. The lowest BCUT2D eigenvalue weighted by atomic mass is 9.49. The van der Waals surface area contributed by atoms with E-state index in [0.29, 0.717) is 38.3 Å². The number of amides is 4. The first kappa shape index (κ1) is 33.0. The number of phenols is 1. The van der Waals surface area contributed by atoms with Gasteiger partial charge in [-0.15, -0.1) is 0 Å². The van der Waals surface area contributed by atoms with Gasteiger partial charge in [-0.1, -0.05) is 71.2 Å². The number of hydrogen-bond donors (Lipinski definition) is 1. The number of phenolic OH excluding ortho intramolecular Hbond substituents is 1. The van der Waals surface area contributed by atoms with Crippen molar-refractivity contribution in [3.8, 4) is 17.2 Å². The van der Waals surface area contributed by atoms with Crippen LogP contribution in [0, 0.1) is 23.7 Å². The topological polar surface area (TPSA) is 113 Å². The van der Waals surface area contributed by atoms with Crippen LogP contribution >= 0.6 is 23.2 Å². The highest BCUT2D eigenvalue weighted by Crippen LogP contribution is 2.66. The quantitative estimate of drug-likeness (QED) is 0.167. The van der Waals surface area contributed by atoms with Gasteiger partial charge >= 0.3 is 0 Å². The summed E-state index contributed by atoms with van der Waals surface area (Å²) in [7, 11) is 2.92. The molecule has 4 aromatic carbocycles. The maximum Gasteiger partial charge on any atom is 0.246 e. The van der Waals surface area contributed by atoms with Gasteiger partial charge in [-0.05, 0) is 66.8 Å². The molecular weight excluding hydrogens is 691 g/mol. The van der Waals surface area contributed by atoms with Crippen LogP contribution in [0.5, 0.6) is 17.2 Å². The van der Waals surface area contributed by atoms with Crippen LogP contribution in [0.3, 0.4) is 0 Å². The van der Waals surface area contributed by atoms with Crippen LogP contribution < -0.4 is 19.3 Å². The number of nitrogens with zero attached hydrogens (tertiary/aromatic N) is 2. The zero-order valence-corrected chi connectivity index (χ0v) is 29.1. The summed E-state index contributed by atoms with van der Waals surface area (Å²) in [6.45, 7) is 0. The number of aromatic hydroxyl groups is 1. The molecule has 0 bridgehead atoms. The Labute approximate surface area is 304 Å². The second kappa shape index (κ2) is 12.3. The van der Waals surface area contributed by atoms with Crippen molar-refractivity contribution in [2.45, 2.75) is 24.2 Å². The Balaban J connectivity index is 1.39. The lowest BCUT2D eigenvalue weighted by molar-refractivity contribution is -0.127. The zero-order valence-electron chi connectivity index (χ0n) is 27.6. The normalized spacial score (nSPS) is 26.8. The van der Waals surface area contributed by atoms with Gasteiger partial charge in [-0.3, -0.25) is 24.1 Å². The fourth-order valence-corrected chi connectivity index (χ4v) is 9.38. The van der Waals surface area contributed by atoms with E-state index in [2.05, 4.69) is 0 Å². The van der Waals surface area contributed by atoms with Crippen molar-refractivity contribution >= 4 is 58.2 Å². The Kier molecular flexibility index (Phi) is 7.96. The summed E-state index contributed by atoms with van der Waals surface area (Å²) >= 11 is 12.5. The van der Waals surface area contributed by atoms with Crippen molar-refractivity contribution in [2.24, 2.45) is 23.7 Å². The smallest absolute Gasteiger partial charge is 0.246 e. The van der Waals surface area contributed by atoms with Crippen molar-refractivity contribution in [2.75, 3.05) is 24.0 Å². The summed E-state index contributed by atoms with van der Waals surface area (Å²) in [4.78, 5) is 61.3. The van der Waals surface area contributed by atoms with Crippen LogP contribution in [0.25, 0.3) is 0 Å². The van der Waals surface area contributed by atoms with Gasteiger partial charge < -0.3 is 14.6 Å². The Morgan fingerprint density at radius 3 is 2.18 bits per heavy atom. The number of allylic oxidation sites excluding steroid dienone is 2. The number of rotatable bonds is 6. The third-order valence-electron chi connectivity index (χ3n) is 11.1. The number of hydrogen-bond acceptors (Lipinski definition) is 7.